The molecule has 0 bridgehead atoms. The van der Waals surface area contributed by atoms with E-state index in [-0.39, 0.29) is 13.1 Å². The highest BCUT2D eigenvalue weighted by Crippen LogP contribution is 2.19. The molecule has 5 nitrogen and oxygen atoms in total. The fourth-order valence-electron chi connectivity index (χ4n) is 2.11. The average Bonchev–Trinajstić information content (AvgIpc) is 3.20. The Labute approximate surface area is 141 Å². The molecule has 1 N–H and O–H groups in total. The molecule has 24 heavy (non-hydrogen) atoms. The van der Waals surface area contributed by atoms with Gasteiger partial charge in [0.05, 0.1) is 12.2 Å². The lowest BCUT2D eigenvalue weighted by Gasteiger charge is -2.08. The van der Waals surface area contributed by atoms with Crippen LogP contribution in [-0.4, -0.2) is 24.7 Å². The zero-order valence-corrected chi connectivity index (χ0v) is 13.9. The molecule has 0 spiro atoms. The summed E-state index contributed by atoms with van der Waals surface area (Å²) in [5.41, 5.74) is 1.77. The number of halogens is 2. The van der Waals surface area contributed by atoms with Crippen LogP contribution in [0.25, 0.3) is 11.3 Å². The fourth-order valence-corrected chi connectivity index (χ4v) is 3.86. The lowest BCUT2D eigenvalue weighted by molar-refractivity contribution is 0.538. The van der Waals surface area contributed by atoms with Crippen molar-refractivity contribution < 1.29 is 17.2 Å². The van der Waals surface area contributed by atoms with Gasteiger partial charge in [-0.2, -0.15) is 16.4 Å². The van der Waals surface area contributed by atoms with Gasteiger partial charge in [-0.15, -0.1) is 0 Å². The Balaban J connectivity index is 1.64. The van der Waals surface area contributed by atoms with Crippen molar-refractivity contribution in [3.05, 3.63) is 58.9 Å². The Morgan fingerprint density at radius 1 is 1.21 bits per heavy atom. The zero-order chi connectivity index (χ0) is 17.2. The van der Waals surface area contributed by atoms with E-state index >= 15 is 0 Å². The standard InChI is InChI=1S/C15H13F2N3O2S2/c16-12-1-2-13(17)15(9-12)24(21,22)18-5-7-20-6-3-14(19-20)11-4-8-23-10-11/h1-4,6,8-10,18H,5,7H2. The maximum absolute atomic E-state index is 13.6. The van der Waals surface area contributed by atoms with E-state index in [1.165, 1.54) is 0 Å². The minimum Gasteiger partial charge on any atom is -0.271 e. The van der Waals surface area contributed by atoms with Gasteiger partial charge < -0.3 is 0 Å². The van der Waals surface area contributed by atoms with Crippen molar-refractivity contribution >= 4 is 21.4 Å². The summed E-state index contributed by atoms with van der Waals surface area (Å²) in [5, 5.41) is 8.23. The van der Waals surface area contributed by atoms with Gasteiger partial charge in [-0.05, 0) is 35.7 Å². The van der Waals surface area contributed by atoms with Crippen molar-refractivity contribution in [3.8, 4) is 11.3 Å². The molecule has 0 amide bonds. The minimum atomic E-state index is -4.12. The SMILES string of the molecule is O=S(=O)(NCCn1ccc(-c2ccsc2)n1)c1cc(F)ccc1F. The van der Waals surface area contributed by atoms with Crippen LogP contribution in [0.1, 0.15) is 0 Å². The third-order valence-electron chi connectivity index (χ3n) is 3.27. The van der Waals surface area contributed by atoms with E-state index in [0.29, 0.717) is 6.07 Å². The molecule has 3 rings (SSSR count). The van der Waals surface area contributed by atoms with Gasteiger partial charge in [0.15, 0.2) is 0 Å². The number of rotatable bonds is 6. The highest BCUT2D eigenvalue weighted by atomic mass is 32.2. The summed E-state index contributed by atoms with van der Waals surface area (Å²) in [4.78, 5) is -0.707. The van der Waals surface area contributed by atoms with Crippen LogP contribution in [0.4, 0.5) is 8.78 Å². The number of nitrogens with one attached hydrogen (secondary N) is 1. The molecule has 1 aromatic carbocycles. The first kappa shape index (κ1) is 16.7. The largest absolute Gasteiger partial charge is 0.271 e. The summed E-state index contributed by atoms with van der Waals surface area (Å²) < 4.78 is 54.6. The molecule has 0 atom stereocenters. The van der Waals surface area contributed by atoms with Gasteiger partial charge in [0.1, 0.15) is 16.5 Å². The number of nitrogens with zero attached hydrogens (tertiary/aromatic N) is 2. The van der Waals surface area contributed by atoms with Gasteiger partial charge in [0.25, 0.3) is 0 Å². The predicted molar refractivity (Wildman–Crippen MR) is 87.1 cm³/mol. The quantitative estimate of drug-likeness (QED) is 0.727. The van der Waals surface area contributed by atoms with E-state index in [9.17, 15) is 17.2 Å². The van der Waals surface area contributed by atoms with Crippen molar-refractivity contribution in [2.75, 3.05) is 6.54 Å². The van der Waals surface area contributed by atoms with E-state index in [1.54, 1.807) is 22.2 Å². The van der Waals surface area contributed by atoms with Crippen LogP contribution in [-0.2, 0) is 16.6 Å². The van der Waals surface area contributed by atoms with Gasteiger partial charge in [0, 0.05) is 23.7 Å². The number of thiophene rings is 1. The third kappa shape index (κ3) is 3.69. The Kier molecular flexibility index (Phi) is 4.74. The Morgan fingerprint density at radius 3 is 2.79 bits per heavy atom. The summed E-state index contributed by atoms with van der Waals surface area (Å²) in [6.07, 6.45) is 1.73. The molecule has 0 saturated heterocycles. The van der Waals surface area contributed by atoms with E-state index in [1.807, 2.05) is 22.9 Å². The monoisotopic (exact) mass is 369 g/mol. The van der Waals surface area contributed by atoms with E-state index in [4.69, 9.17) is 0 Å². The van der Waals surface area contributed by atoms with Crippen LogP contribution >= 0.6 is 11.3 Å². The van der Waals surface area contributed by atoms with Gasteiger partial charge in [-0.1, -0.05) is 0 Å². The summed E-state index contributed by atoms with van der Waals surface area (Å²) in [5.74, 6) is -1.81. The van der Waals surface area contributed by atoms with E-state index < -0.39 is 26.6 Å². The highest BCUT2D eigenvalue weighted by molar-refractivity contribution is 7.89. The molecule has 0 radical (unpaired) electrons. The van der Waals surface area contributed by atoms with Crippen molar-refractivity contribution in [2.45, 2.75) is 11.4 Å². The Bertz CT molecular complexity index is 938. The van der Waals surface area contributed by atoms with Crippen LogP contribution in [0.15, 0.2) is 52.2 Å². The molecule has 0 aliphatic carbocycles. The predicted octanol–water partition coefficient (Wildman–Crippen LogP) is 2.87. The zero-order valence-electron chi connectivity index (χ0n) is 12.3. The topological polar surface area (TPSA) is 64.0 Å². The lowest BCUT2D eigenvalue weighted by atomic mass is 10.2. The molecule has 0 fully saturated rings. The Hall–Kier alpha value is -2.10. The first-order valence-corrected chi connectivity index (χ1v) is 9.39. The average molecular weight is 369 g/mol. The highest BCUT2D eigenvalue weighted by Gasteiger charge is 2.19. The summed E-state index contributed by atoms with van der Waals surface area (Å²) >= 11 is 1.56. The van der Waals surface area contributed by atoms with Crippen LogP contribution in [0.3, 0.4) is 0 Å². The molecule has 9 heteroatoms. The number of aromatic nitrogens is 2. The molecule has 0 aliphatic rings. The molecule has 126 valence electrons. The number of sulfonamides is 1. The molecule has 2 heterocycles. The van der Waals surface area contributed by atoms with Crippen molar-refractivity contribution in [3.63, 3.8) is 0 Å². The minimum absolute atomic E-state index is 0.00302. The first-order valence-electron chi connectivity index (χ1n) is 6.96. The molecule has 2 aromatic heterocycles. The van der Waals surface area contributed by atoms with Gasteiger partial charge in [-0.3, -0.25) is 4.68 Å². The lowest BCUT2D eigenvalue weighted by Crippen LogP contribution is -2.28. The second-order valence-electron chi connectivity index (χ2n) is 4.95. The summed E-state index contributed by atoms with van der Waals surface area (Å²) in [7, 11) is -4.12. The number of hydrogen-bond donors (Lipinski definition) is 1. The molecule has 3 aromatic rings. The maximum atomic E-state index is 13.6. The van der Waals surface area contributed by atoms with Crippen LogP contribution in [0, 0.1) is 11.6 Å². The Morgan fingerprint density at radius 2 is 2.04 bits per heavy atom. The van der Waals surface area contributed by atoms with Crippen LogP contribution in [0.2, 0.25) is 0 Å². The number of hydrogen-bond acceptors (Lipinski definition) is 4. The van der Waals surface area contributed by atoms with E-state index in [0.717, 1.165) is 23.4 Å². The van der Waals surface area contributed by atoms with Crippen molar-refractivity contribution in [1.82, 2.24) is 14.5 Å². The molecule has 0 unspecified atom stereocenters. The fraction of sp³-hybridized carbons (Fsp3) is 0.133. The smallest absolute Gasteiger partial charge is 0.243 e. The van der Waals surface area contributed by atoms with Crippen LogP contribution < -0.4 is 4.72 Å². The molecule has 0 aliphatic heterocycles. The van der Waals surface area contributed by atoms with Gasteiger partial charge in [0.2, 0.25) is 10.0 Å². The number of benzene rings is 1. The third-order valence-corrected chi connectivity index (χ3v) is 5.43. The second kappa shape index (κ2) is 6.80. The first-order chi connectivity index (χ1) is 11.5. The normalized spacial score (nSPS) is 11.8. The van der Waals surface area contributed by atoms with Crippen LogP contribution in [0.5, 0.6) is 0 Å². The maximum Gasteiger partial charge on any atom is 0.243 e. The van der Waals surface area contributed by atoms with Gasteiger partial charge in [-0.25, -0.2) is 21.9 Å². The molecular formula is C15H13F2N3O2S2. The summed E-state index contributed by atoms with van der Waals surface area (Å²) in [6, 6.07) is 6.06. The van der Waals surface area contributed by atoms with Crippen molar-refractivity contribution in [1.29, 1.82) is 0 Å². The second-order valence-corrected chi connectivity index (χ2v) is 7.46. The van der Waals surface area contributed by atoms with E-state index in [2.05, 4.69) is 9.82 Å². The van der Waals surface area contributed by atoms with Crippen molar-refractivity contribution in [2.24, 2.45) is 0 Å². The molecular weight excluding hydrogens is 356 g/mol. The molecule has 0 saturated carbocycles. The summed E-state index contributed by atoms with van der Waals surface area (Å²) in [6.45, 7) is 0.267. The van der Waals surface area contributed by atoms with Gasteiger partial charge >= 0.3 is 0 Å².